The van der Waals surface area contributed by atoms with Crippen LogP contribution in [0.2, 0.25) is 0 Å². The third kappa shape index (κ3) is 0.559. The van der Waals surface area contributed by atoms with E-state index >= 15 is 0 Å². The largest absolute Gasteiger partial charge is 0.290 e. The van der Waals surface area contributed by atoms with Gasteiger partial charge in [-0.2, -0.15) is 0 Å². The van der Waals surface area contributed by atoms with Crippen LogP contribution in [-0.4, -0.2) is 17.8 Å². The average Bonchev–Trinajstić information content (AvgIpc) is 1.91. The lowest BCUT2D eigenvalue weighted by molar-refractivity contribution is -0.111. The predicted octanol–water partition coefficient (Wildman–Crippen LogP) is 0.00727. The van der Waals surface area contributed by atoms with Gasteiger partial charge in [-0.1, -0.05) is 0 Å². The van der Waals surface area contributed by atoms with Crippen molar-refractivity contribution in [1.29, 1.82) is 5.41 Å². The number of ketones is 1. The summed E-state index contributed by atoms with van der Waals surface area (Å²) in [7, 11) is 0. The van der Waals surface area contributed by atoms with E-state index in [1.54, 1.807) is 0 Å². The fourth-order valence-electron chi connectivity index (χ4n) is 0.389. The van der Waals surface area contributed by atoms with Gasteiger partial charge in [0.25, 0.3) is 0 Å². The number of hydrogen-bond donors (Lipinski definition) is 1. The van der Waals surface area contributed by atoms with Gasteiger partial charge in [-0.05, 0) is 0 Å². The molecule has 1 N–H and O–H groups in total. The normalized spacial score (nSPS) is 18.9. The van der Waals surface area contributed by atoms with Gasteiger partial charge in [0.1, 0.15) is 0 Å². The van der Waals surface area contributed by atoms with Crippen molar-refractivity contribution in [3.8, 4) is 0 Å². The standard InChI is InChI=1S/C4H4N2O/c5-4-3(7)1-2-6-4/h2,5H,1H2. The van der Waals surface area contributed by atoms with E-state index in [2.05, 4.69) is 4.99 Å². The van der Waals surface area contributed by atoms with E-state index in [4.69, 9.17) is 5.41 Å². The highest BCUT2D eigenvalue weighted by molar-refractivity contribution is 6.44. The Labute approximate surface area is 40.6 Å². The van der Waals surface area contributed by atoms with Crippen LogP contribution in [0, 0.1) is 5.41 Å². The Morgan fingerprint density at radius 3 is 2.71 bits per heavy atom. The van der Waals surface area contributed by atoms with E-state index in [0.29, 0.717) is 6.42 Å². The summed E-state index contributed by atoms with van der Waals surface area (Å²) in [6.45, 7) is 0. The van der Waals surface area contributed by atoms with Gasteiger partial charge in [0.15, 0.2) is 5.84 Å². The van der Waals surface area contributed by atoms with Gasteiger partial charge in [-0.3, -0.25) is 10.2 Å². The first-order valence-electron chi connectivity index (χ1n) is 1.95. The van der Waals surface area contributed by atoms with Gasteiger partial charge >= 0.3 is 0 Å². The van der Waals surface area contributed by atoms with Crippen LogP contribution in [-0.2, 0) is 4.79 Å². The maximum absolute atomic E-state index is 10.2. The number of amidine groups is 1. The monoisotopic (exact) mass is 96.0 g/mol. The molecule has 1 heterocycles. The van der Waals surface area contributed by atoms with Crippen molar-refractivity contribution in [3.63, 3.8) is 0 Å². The number of nitrogens with zero attached hydrogens (tertiary/aromatic N) is 1. The van der Waals surface area contributed by atoms with Crippen LogP contribution in [0.25, 0.3) is 0 Å². The Morgan fingerprint density at radius 2 is 2.57 bits per heavy atom. The average molecular weight is 96.1 g/mol. The molecule has 0 spiro atoms. The summed E-state index contributed by atoms with van der Waals surface area (Å²) in [4.78, 5) is 13.7. The lowest BCUT2D eigenvalue weighted by atomic mass is 10.3. The molecule has 7 heavy (non-hydrogen) atoms. The summed E-state index contributed by atoms with van der Waals surface area (Å²) in [6, 6.07) is 0. The summed E-state index contributed by atoms with van der Waals surface area (Å²) < 4.78 is 0. The summed E-state index contributed by atoms with van der Waals surface area (Å²) in [6.07, 6.45) is 1.77. The van der Waals surface area contributed by atoms with E-state index in [9.17, 15) is 4.79 Å². The molecule has 0 amide bonds. The summed E-state index contributed by atoms with van der Waals surface area (Å²) in [5.74, 6) is -0.292. The first-order valence-corrected chi connectivity index (χ1v) is 1.95. The van der Waals surface area contributed by atoms with E-state index in [-0.39, 0.29) is 11.6 Å². The lowest BCUT2D eigenvalue weighted by Crippen LogP contribution is -2.01. The Morgan fingerprint density at radius 1 is 1.86 bits per heavy atom. The molecule has 0 saturated heterocycles. The molecule has 0 aromatic heterocycles. The minimum atomic E-state index is -0.181. The van der Waals surface area contributed by atoms with Crippen LogP contribution in [0.5, 0.6) is 0 Å². The van der Waals surface area contributed by atoms with Crippen molar-refractivity contribution in [2.24, 2.45) is 4.99 Å². The van der Waals surface area contributed by atoms with Crippen LogP contribution in [0.1, 0.15) is 6.42 Å². The quantitative estimate of drug-likeness (QED) is 0.453. The maximum atomic E-state index is 10.2. The van der Waals surface area contributed by atoms with Crippen LogP contribution in [0.3, 0.4) is 0 Å². The SMILES string of the molecule is N=C1N=CCC1=O. The second-order valence-electron chi connectivity index (χ2n) is 1.29. The molecule has 0 unspecified atom stereocenters. The van der Waals surface area contributed by atoms with Gasteiger partial charge in [0.05, 0.1) is 0 Å². The number of carbonyl (C=O) groups is 1. The number of carbonyl (C=O) groups excluding carboxylic acids is 1. The topological polar surface area (TPSA) is 53.3 Å². The minimum absolute atomic E-state index is 0.111. The second-order valence-corrected chi connectivity index (χ2v) is 1.29. The molecule has 0 saturated carbocycles. The zero-order valence-electron chi connectivity index (χ0n) is 3.64. The molecule has 36 valence electrons. The van der Waals surface area contributed by atoms with E-state index in [1.165, 1.54) is 6.21 Å². The third-order valence-electron chi connectivity index (χ3n) is 0.761. The molecule has 0 aliphatic carbocycles. The fraction of sp³-hybridized carbons (Fsp3) is 0.250. The number of rotatable bonds is 0. The smallest absolute Gasteiger partial charge is 0.204 e. The second kappa shape index (κ2) is 1.26. The number of Topliss-reactive ketones (excluding diaryl/α,β-unsaturated/α-hetero) is 1. The highest BCUT2D eigenvalue weighted by Gasteiger charge is 2.10. The van der Waals surface area contributed by atoms with Gasteiger partial charge in [-0.15, -0.1) is 0 Å². The molecule has 0 bridgehead atoms. The van der Waals surface area contributed by atoms with Crippen molar-refractivity contribution in [1.82, 2.24) is 0 Å². The van der Waals surface area contributed by atoms with Crippen molar-refractivity contribution >= 4 is 17.8 Å². The van der Waals surface area contributed by atoms with E-state index in [0.717, 1.165) is 0 Å². The maximum Gasteiger partial charge on any atom is 0.204 e. The Hall–Kier alpha value is -0.990. The molecule has 0 radical (unpaired) electrons. The highest BCUT2D eigenvalue weighted by Crippen LogP contribution is 1.91. The molecule has 1 aliphatic rings. The molecule has 0 aromatic rings. The van der Waals surface area contributed by atoms with Gasteiger partial charge in [0, 0.05) is 12.6 Å². The predicted molar refractivity (Wildman–Crippen MR) is 25.8 cm³/mol. The molecular formula is C4H4N2O. The van der Waals surface area contributed by atoms with Gasteiger partial charge in [-0.25, -0.2) is 4.99 Å². The minimum Gasteiger partial charge on any atom is -0.290 e. The highest BCUT2D eigenvalue weighted by atomic mass is 16.1. The van der Waals surface area contributed by atoms with Crippen LogP contribution in [0.15, 0.2) is 4.99 Å². The summed E-state index contributed by atoms with van der Waals surface area (Å²) in [5, 5.41) is 6.71. The zero-order valence-corrected chi connectivity index (χ0v) is 3.64. The molecule has 1 rings (SSSR count). The Kier molecular flexibility index (Phi) is 0.749. The molecule has 0 fully saturated rings. The van der Waals surface area contributed by atoms with Crippen molar-refractivity contribution in [2.75, 3.05) is 0 Å². The molecule has 3 nitrogen and oxygen atoms in total. The van der Waals surface area contributed by atoms with Crippen molar-refractivity contribution in [3.05, 3.63) is 0 Å². The number of nitrogens with one attached hydrogen (secondary N) is 1. The van der Waals surface area contributed by atoms with Crippen molar-refractivity contribution in [2.45, 2.75) is 6.42 Å². The van der Waals surface area contributed by atoms with Crippen LogP contribution < -0.4 is 0 Å². The molecule has 0 atom stereocenters. The molecule has 3 heteroatoms. The number of aliphatic imine (C=N–C) groups is 1. The first-order chi connectivity index (χ1) is 3.30. The van der Waals surface area contributed by atoms with Gasteiger partial charge < -0.3 is 0 Å². The van der Waals surface area contributed by atoms with Crippen LogP contribution >= 0.6 is 0 Å². The van der Waals surface area contributed by atoms with Crippen molar-refractivity contribution < 1.29 is 4.79 Å². The lowest BCUT2D eigenvalue weighted by Gasteiger charge is -1.75. The fourth-order valence-corrected chi connectivity index (χ4v) is 0.389. The third-order valence-corrected chi connectivity index (χ3v) is 0.761. The van der Waals surface area contributed by atoms with Gasteiger partial charge in [0.2, 0.25) is 5.78 Å². The van der Waals surface area contributed by atoms with E-state index < -0.39 is 0 Å². The Bertz CT molecular complexity index is 148. The molecule has 0 aromatic carbocycles. The zero-order chi connectivity index (χ0) is 5.28. The molecule has 1 aliphatic heterocycles. The number of hydrogen-bond acceptors (Lipinski definition) is 2. The Balaban J connectivity index is 2.81. The summed E-state index contributed by atoms with van der Waals surface area (Å²) in [5.41, 5.74) is 0. The van der Waals surface area contributed by atoms with E-state index in [1.807, 2.05) is 0 Å². The first kappa shape index (κ1) is 4.18. The molecular weight excluding hydrogens is 92.1 g/mol. The van der Waals surface area contributed by atoms with Crippen LogP contribution in [0.4, 0.5) is 0 Å². The summed E-state index contributed by atoms with van der Waals surface area (Å²) >= 11 is 0.